The van der Waals surface area contributed by atoms with Gasteiger partial charge in [0.25, 0.3) is 0 Å². The minimum absolute atomic E-state index is 0.328. The van der Waals surface area contributed by atoms with Gasteiger partial charge < -0.3 is 10.5 Å². The van der Waals surface area contributed by atoms with Crippen LogP contribution in [0.3, 0.4) is 0 Å². The van der Waals surface area contributed by atoms with Gasteiger partial charge in [-0.15, -0.1) is 0 Å². The fourth-order valence-electron chi connectivity index (χ4n) is 1.27. The molecule has 0 amide bonds. The maximum atomic E-state index is 6.05. The van der Waals surface area contributed by atoms with E-state index in [0.717, 1.165) is 17.0 Å². The molecule has 0 bridgehead atoms. The standard InChI is InChI=1S/C11H16ClNO/c1-11(8-13,14-2)7-9-5-3-4-6-10(9)12/h3-6H,7-8,13H2,1-2H3. The van der Waals surface area contributed by atoms with E-state index in [4.69, 9.17) is 22.1 Å². The molecule has 3 heteroatoms. The van der Waals surface area contributed by atoms with Gasteiger partial charge in [-0.05, 0) is 18.6 Å². The van der Waals surface area contributed by atoms with E-state index in [1.165, 1.54) is 0 Å². The Balaban J connectivity index is 2.82. The first-order valence-electron chi connectivity index (χ1n) is 4.60. The minimum Gasteiger partial charge on any atom is -0.377 e. The summed E-state index contributed by atoms with van der Waals surface area (Å²) < 4.78 is 5.36. The van der Waals surface area contributed by atoms with Crippen molar-refractivity contribution < 1.29 is 4.74 Å². The second-order valence-corrected chi connectivity index (χ2v) is 4.03. The molecule has 0 aromatic heterocycles. The van der Waals surface area contributed by atoms with Crippen LogP contribution in [0.25, 0.3) is 0 Å². The molecular weight excluding hydrogens is 198 g/mol. The van der Waals surface area contributed by atoms with Crippen LogP contribution in [0.2, 0.25) is 5.02 Å². The summed E-state index contributed by atoms with van der Waals surface area (Å²) in [6.07, 6.45) is 0.736. The molecule has 0 fully saturated rings. The zero-order valence-corrected chi connectivity index (χ0v) is 9.34. The molecule has 1 rings (SSSR count). The molecule has 0 aliphatic carbocycles. The van der Waals surface area contributed by atoms with E-state index in [1.54, 1.807) is 7.11 Å². The first-order valence-corrected chi connectivity index (χ1v) is 4.98. The van der Waals surface area contributed by atoms with Gasteiger partial charge in [-0.1, -0.05) is 29.8 Å². The van der Waals surface area contributed by atoms with Crippen LogP contribution in [0.5, 0.6) is 0 Å². The Morgan fingerprint density at radius 3 is 2.57 bits per heavy atom. The van der Waals surface area contributed by atoms with E-state index in [9.17, 15) is 0 Å². The molecule has 0 saturated heterocycles. The second-order valence-electron chi connectivity index (χ2n) is 3.63. The molecule has 0 spiro atoms. The van der Waals surface area contributed by atoms with Crippen molar-refractivity contribution in [3.63, 3.8) is 0 Å². The average molecular weight is 214 g/mol. The summed E-state index contributed by atoms with van der Waals surface area (Å²) in [6, 6.07) is 7.75. The molecule has 0 aliphatic rings. The average Bonchev–Trinajstić information content (AvgIpc) is 2.21. The SMILES string of the molecule is COC(C)(CN)Cc1ccccc1Cl. The summed E-state index contributed by atoms with van der Waals surface area (Å²) in [4.78, 5) is 0. The third-order valence-electron chi connectivity index (χ3n) is 2.45. The fraction of sp³-hybridized carbons (Fsp3) is 0.455. The first kappa shape index (κ1) is 11.5. The molecule has 0 radical (unpaired) electrons. The van der Waals surface area contributed by atoms with Crippen LogP contribution in [0.4, 0.5) is 0 Å². The van der Waals surface area contributed by atoms with Crippen molar-refractivity contribution in [3.05, 3.63) is 34.9 Å². The lowest BCUT2D eigenvalue weighted by molar-refractivity contribution is 0.0144. The highest BCUT2D eigenvalue weighted by atomic mass is 35.5. The van der Waals surface area contributed by atoms with Gasteiger partial charge in [0.15, 0.2) is 0 Å². The summed E-state index contributed by atoms with van der Waals surface area (Å²) in [6.45, 7) is 2.46. The van der Waals surface area contributed by atoms with Gasteiger partial charge in [0, 0.05) is 25.1 Å². The zero-order valence-electron chi connectivity index (χ0n) is 8.59. The third kappa shape index (κ3) is 2.71. The normalized spacial score (nSPS) is 15.1. The largest absolute Gasteiger partial charge is 0.377 e. The lowest BCUT2D eigenvalue weighted by atomic mass is 9.96. The van der Waals surface area contributed by atoms with Gasteiger partial charge in [0.1, 0.15) is 0 Å². The topological polar surface area (TPSA) is 35.2 Å². The quantitative estimate of drug-likeness (QED) is 0.833. The Labute approximate surface area is 90.0 Å². The van der Waals surface area contributed by atoms with Gasteiger partial charge in [0.05, 0.1) is 5.60 Å². The molecule has 0 heterocycles. The van der Waals surface area contributed by atoms with Gasteiger partial charge in [-0.2, -0.15) is 0 Å². The highest BCUT2D eigenvalue weighted by Gasteiger charge is 2.22. The molecule has 0 saturated carbocycles. The molecule has 2 nitrogen and oxygen atoms in total. The number of hydrogen-bond donors (Lipinski definition) is 1. The Morgan fingerprint density at radius 1 is 1.43 bits per heavy atom. The van der Waals surface area contributed by atoms with Crippen molar-refractivity contribution in [2.45, 2.75) is 18.9 Å². The minimum atomic E-state index is -0.328. The predicted molar refractivity (Wildman–Crippen MR) is 59.6 cm³/mol. The molecule has 1 unspecified atom stereocenters. The van der Waals surface area contributed by atoms with E-state index in [0.29, 0.717) is 6.54 Å². The summed E-state index contributed by atoms with van der Waals surface area (Å²) in [7, 11) is 1.67. The van der Waals surface area contributed by atoms with Crippen molar-refractivity contribution in [1.82, 2.24) is 0 Å². The third-order valence-corrected chi connectivity index (χ3v) is 2.82. The Hall–Kier alpha value is -0.570. The monoisotopic (exact) mass is 213 g/mol. The smallest absolute Gasteiger partial charge is 0.0812 e. The number of methoxy groups -OCH3 is 1. The van der Waals surface area contributed by atoms with Crippen molar-refractivity contribution in [2.75, 3.05) is 13.7 Å². The molecule has 78 valence electrons. The molecule has 2 N–H and O–H groups in total. The first-order chi connectivity index (χ1) is 6.61. The zero-order chi connectivity index (χ0) is 10.6. The van der Waals surface area contributed by atoms with Crippen molar-refractivity contribution >= 4 is 11.6 Å². The van der Waals surface area contributed by atoms with E-state index in [1.807, 2.05) is 31.2 Å². The van der Waals surface area contributed by atoms with Crippen LogP contribution in [0.15, 0.2) is 24.3 Å². The van der Waals surface area contributed by atoms with Crippen LogP contribution in [0, 0.1) is 0 Å². The summed E-state index contributed by atoms with van der Waals surface area (Å²) in [5.41, 5.74) is 6.39. The van der Waals surface area contributed by atoms with Crippen LogP contribution >= 0.6 is 11.6 Å². The van der Waals surface area contributed by atoms with Crippen molar-refractivity contribution in [3.8, 4) is 0 Å². The number of hydrogen-bond acceptors (Lipinski definition) is 2. The maximum absolute atomic E-state index is 6.05. The number of rotatable bonds is 4. The molecule has 14 heavy (non-hydrogen) atoms. The lowest BCUT2D eigenvalue weighted by Gasteiger charge is -2.26. The fourth-order valence-corrected chi connectivity index (χ4v) is 1.47. The van der Waals surface area contributed by atoms with Gasteiger partial charge >= 0.3 is 0 Å². The number of benzene rings is 1. The van der Waals surface area contributed by atoms with Crippen molar-refractivity contribution in [1.29, 1.82) is 0 Å². The number of halogens is 1. The van der Waals surface area contributed by atoms with E-state index in [2.05, 4.69) is 0 Å². The molecular formula is C11H16ClNO. The molecule has 1 atom stereocenters. The van der Waals surface area contributed by atoms with Gasteiger partial charge in [-0.25, -0.2) is 0 Å². The maximum Gasteiger partial charge on any atom is 0.0812 e. The molecule has 0 aliphatic heterocycles. The highest BCUT2D eigenvalue weighted by molar-refractivity contribution is 6.31. The van der Waals surface area contributed by atoms with Crippen LogP contribution in [-0.4, -0.2) is 19.3 Å². The van der Waals surface area contributed by atoms with E-state index in [-0.39, 0.29) is 5.60 Å². The molecule has 1 aromatic rings. The van der Waals surface area contributed by atoms with Crippen LogP contribution in [-0.2, 0) is 11.2 Å². The molecule has 1 aromatic carbocycles. The van der Waals surface area contributed by atoms with E-state index >= 15 is 0 Å². The number of ether oxygens (including phenoxy) is 1. The Bertz CT molecular complexity index is 297. The second kappa shape index (κ2) is 4.78. The summed E-state index contributed by atoms with van der Waals surface area (Å²) >= 11 is 6.05. The number of nitrogens with two attached hydrogens (primary N) is 1. The van der Waals surface area contributed by atoms with Gasteiger partial charge in [-0.3, -0.25) is 0 Å². The van der Waals surface area contributed by atoms with E-state index < -0.39 is 0 Å². The lowest BCUT2D eigenvalue weighted by Crippen LogP contribution is -2.38. The summed E-state index contributed by atoms with van der Waals surface area (Å²) in [5, 5.41) is 0.768. The van der Waals surface area contributed by atoms with Gasteiger partial charge in [0.2, 0.25) is 0 Å². The highest BCUT2D eigenvalue weighted by Crippen LogP contribution is 2.22. The van der Waals surface area contributed by atoms with Crippen molar-refractivity contribution in [2.24, 2.45) is 5.73 Å². The Kier molecular flexibility index (Phi) is 3.93. The predicted octanol–water partition coefficient (Wildman–Crippen LogP) is 2.25. The Morgan fingerprint density at radius 2 is 2.07 bits per heavy atom. The summed E-state index contributed by atoms with van der Waals surface area (Å²) in [5.74, 6) is 0. The van der Waals surface area contributed by atoms with Crippen LogP contribution < -0.4 is 5.73 Å². The van der Waals surface area contributed by atoms with Crippen LogP contribution in [0.1, 0.15) is 12.5 Å².